The van der Waals surface area contributed by atoms with Crippen molar-refractivity contribution >= 4 is 39.3 Å². The summed E-state index contributed by atoms with van der Waals surface area (Å²) >= 11 is 1.06. The molecule has 0 aliphatic heterocycles. The Hall–Kier alpha value is -1.98. The Labute approximate surface area is 143 Å². The van der Waals surface area contributed by atoms with E-state index < -0.39 is 34.5 Å². The van der Waals surface area contributed by atoms with Gasteiger partial charge in [0, 0.05) is 12.6 Å². The first-order valence-electron chi connectivity index (χ1n) is 7.00. The minimum absolute atomic E-state index is 0.142. The Morgan fingerprint density at radius 1 is 1.29 bits per heavy atom. The van der Waals surface area contributed by atoms with Gasteiger partial charge in [-0.1, -0.05) is 6.07 Å². The highest BCUT2D eigenvalue weighted by Crippen LogP contribution is 2.14. The lowest BCUT2D eigenvalue weighted by molar-refractivity contribution is -0.148. The molecule has 0 atom stereocenters. The van der Waals surface area contributed by atoms with Gasteiger partial charge in [-0.25, -0.2) is 17.9 Å². The fraction of sp³-hybridized carbons (Fsp3) is 0.462. The highest BCUT2D eigenvalue weighted by molar-refractivity contribution is 7.91. The molecule has 0 saturated carbocycles. The number of nitrogens with one attached hydrogen (secondary N) is 3. The van der Waals surface area contributed by atoms with Gasteiger partial charge in [-0.2, -0.15) is 0 Å². The van der Waals surface area contributed by atoms with E-state index in [1.54, 1.807) is 25.3 Å². The average Bonchev–Trinajstić information content (AvgIpc) is 2.99. The summed E-state index contributed by atoms with van der Waals surface area (Å²) in [5.41, 5.74) is 0. The van der Waals surface area contributed by atoms with Crippen LogP contribution >= 0.6 is 11.3 Å². The van der Waals surface area contributed by atoms with Gasteiger partial charge in [0.2, 0.25) is 10.0 Å². The maximum atomic E-state index is 11.8. The summed E-state index contributed by atoms with van der Waals surface area (Å²) < 4.78 is 30.6. The number of hydrogen-bond donors (Lipinski definition) is 3. The second-order valence-electron chi connectivity index (χ2n) is 4.92. The molecule has 24 heavy (non-hydrogen) atoms. The predicted molar refractivity (Wildman–Crippen MR) is 86.9 cm³/mol. The van der Waals surface area contributed by atoms with E-state index in [2.05, 4.69) is 14.8 Å². The number of ether oxygens (including phenoxy) is 1. The van der Waals surface area contributed by atoms with E-state index in [1.807, 2.05) is 5.32 Å². The third-order valence-electron chi connectivity index (χ3n) is 2.42. The molecule has 0 aliphatic rings. The van der Waals surface area contributed by atoms with Gasteiger partial charge in [-0.3, -0.25) is 14.9 Å². The molecule has 9 nitrogen and oxygen atoms in total. The lowest BCUT2D eigenvalue weighted by Crippen LogP contribution is -2.44. The van der Waals surface area contributed by atoms with Gasteiger partial charge in [-0.15, -0.1) is 11.3 Å². The zero-order valence-electron chi connectivity index (χ0n) is 13.2. The molecule has 0 unspecified atom stereocenters. The summed E-state index contributed by atoms with van der Waals surface area (Å²) in [4.78, 5) is 34.1. The highest BCUT2D eigenvalue weighted by Gasteiger charge is 2.16. The van der Waals surface area contributed by atoms with E-state index in [0.29, 0.717) is 0 Å². The van der Waals surface area contributed by atoms with Crippen molar-refractivity contribution in [1.29, 1.82) is 0 Å². The molecule has 1 rings (SSSR count). The molecule has 0 radical (unpaired) electrons. The van der Waals surface area contributed by atoms with E-state index in [4.69, 9.17) is 0 Å². The second-order valence-corrected chi connectivity index (χ2v) is 7.86. The van der Waals surface area contributed by atoms with Gasteiger partial charge >= 0.3 is 12.0 Å². The molecule has 0 saturated heterocycles. The quantitative estimate of drug-likeness (QED) is 0.555. The normalized spacial score (nSPS) is 11.1. The van der Waals surface area contributed by atoms with E-state index in [9.17, 15) is 22.8 Å². The molecule has 1 heterocycles. The maximum Gasteiger partial charge on any atom is 0.321 e. The molecule has 0 aromatic carbocycles. The van der Waals surface area contributed by atoms with Crippen LogP contribution in [-0.4, -0.2) is 45.5 Å². The van der Waals surface area contributed by atoms with Crippen molar-refractivity contribution in [3.05, 3.63) is 17.5 Å². The molecule has 3 N–H and O–H groups in total. The van der Waals surface area contributed by atoms with Crippen molar-refractivity contribution in [2.75, 3.05) is 13.2 Å². The first kappa shape index (κ1) is 20.1. The third kappa shape index (κ3) is 7.53. The number of imide groups is 1. The Bertz CT molecular complexity index is 670. The first-order valence-corrected chi connectivity index (χ1v) is 9.36. The summed E-state index contributed by atoms with van der Waals surface area (Å²) in [5, 5.41) is 6.05. The van der Waals surface area contributed by atoms with E-state index in [-0.39, 0.29) is 23.2 Å². The van der Waals surface area contributed by atoms with Crippen LogP contribution in [0.3, 0.4) is 0 Å². The maximum absolute atomic E-state index is 11.8. The standard InChI is InChI=1S/C13H19N3O6S2/c1-9(2)15-13(19)16-10(17)8-22-11(18)5-6-14-24(20,21)12-4-3-7-23-12/h3-4,7,9,14H,5-6,8H2,1-2H3,(H2,15,16,17,19). The summed E-state index contributed by atoms with van der Waals surface area (Å²) in [6, 6.07) is 2.21. The van der Waals surface area contributed by atoms with Gasteiger partial charge in [0.25, 0.3) is 5.91 Å². The fourth-order valence-corrected chi connectivity index (χ4v) is 3.52. The predicted octanol–water partition coefficient (Wildman–Crippen LogP) is 0.194. The lowest BCUT2D eigenvalue weighted by atomic mass is 10.4. The van der Waals surface area contributed by atoms with Crippen LogP contribution in [0.2, 0.25) is 0 Å². The molecule has 0 fully saturated rings. The van der Waals surface area contributed by atoms with Crippen LogP contribution < -0.4 is 15.4 Å². The van der Waals surface area contributed by atoms with Crippen LogP contribution in [0.25, 0.3) is 0 Å². The Morgan fingerprint density at radius 2 is 2.00 bits per heavy atom. The number of carbonyl (C=O) groups is 3. The van der Waals surface area contributed by atoms with Gasteiger partial charge in [-0.05, 0) is 25.3 Å². The van der Waals surface area contributed by atoms with Crippen molar-refractivity contribution in [1.82, 2.24) is 15.4 Å². The van der Waals surface area contributed by atoms with E-state index in [1.165, 1.54) is 6.07 Å². The smallest absolute Gasteiger partial charge is 0.321 e. The minimum Gasteiger partial charge on any atom is -0.456 e. The molecule has 1 aromatic rings. The van der Waals surface area contributed by atoms with Crippen molar-refractivity contribution < 1.29 is 27.5 Å². The van der Waals surface area contributed by atoms with Crippen molar-refractivity contribution in [2.24, 2.45) is 0 Å². The lowest BCUT2D eigenvalue weighted by Gasteiger charge is -2.09. The number of sulfonamides is 1. The van der Waals surface area contributed by atoms with E-state index in [0.717, 1.165) is 11.3 Å². The largest absolute Gasteiger partial charge is 0.456 e. The topological polar surface area (TPSA) is 131 Å². The molecule has 1 aromatic heterocycles. The Balaban J connectivity index is 2.25. The molecular formula is C13H19N3O6S2. The van der Waals surface area contributed by atoms with Gasteiger partial charge in [0.15, 0.2) is 6.61 Å². The highest BCUT2D eigenvalue weighted by atomic mass is 32.2. The molecule has 3 amide bonds. The van der Waals surface area contributed by atoms with Crippen molar-refractivity contribution in [3.8, 4) is 0 Å². The number of hydrogen-bond acceptors (Lipinski definition) is 7. The summed E-state index contributed by atoms with van der Waals surface area (Å²) in [7, 11) is -3.64. The number of rotatable bonds is 8. The molecule has 134 valence electrons. The molecule has 0 aliphatic carbocycles. The van der Waals surface area contributed by atoms with Crippen LogP contribution in [-0.2, 0) is 24.3 Å². The average molecular weight is 377 g/mol. The number of thiophene rings is 1. The number of esters is 1. The van der Waals surface area contributed by atoms with Crippen LogP contribution in [0.5, 0.6) is 0 Å². The van der Waals surface area contributed by atoms with Crippen LogP contribution in [0.1, 0.15) is 20.3 Å². The second kappa shape index (κ2) is 9.35. The molecule has 11 heteroatoms. The first-order chi connectivity index (χ1) is 11.2. The monoisotopic (exact) mass is 377 g/mol. The summed E-state index contributed by atoms with van der Waals surface area (Å²) in [5.74, 6) is -1.54. The number of urea groups is 1. The van der Waals surface area contributed by atoms with Gasteiger partial charge in [0.1, 0.15) is 4.21 Å². The third-order valence-corrected chi connectivity index (χ3v) is 5.28. The summed E-state index contributed by atoms with van der Waals surface area (Å²) in [6.45, 7) is 2.67. The zero-order chi connectivity index (χ0) is 18.2. The van der Waals surface area contributed by atoms with Gasteiger partial charge < -0.3 is 10.1 Å². The fourth-order valence-electron chi connectivity index (χ4n) is 1.45. The summed E-state index contributed by atoms with van der Waals surface area (Å²) in [6.07, 6.45) is -0.240. The molecule has 0 spiro atoms. The molecule has 0 bridgehead atoms. The Morgan fingerprint density at radius 3 is 2.58 bits per heavy atom. The Kier molecular flexibility index (Phi) is 7.82. The van der Waals surface area contributed by atoms with Crippen LogP contribution in [0.15, 0.2) is 21.7 Å². The van der Waals surface area contributed by atoms with Crippen molar-refractivity contribution in [2.45, 2.75) is 30.5 Å². The number of carbonyl (C=O) groups excluding carboxylic acids is 3. The van der Waals surface area contributed by atoms with Crippen molar-refractivity contribution in [3.63, 3.8) is 0 Å². The van der Waals surface area contributed by atoms with Crippen LogP contribution in [0.4, 0.5) is 4.79 Å². The van der Waals surface area contributed by atoms with Crippen LogP contribution in [0, 0.1) is 0 Å². The minimum atomic E-state index is -3.64. The van der Waals surface area contributed by atoms with E-state index >= 15 is 0 Å². The zero-order valence-corrected chi connectivity index (χ0v) is 14.8. The SMILES string of the molecule is CC(C)NC(=O)NC(=O)COC(=O)CCNS(=O)(=O)c1cccs1. The molecular weight excluding hydrogens is 358 g/mol. The number of amides is 3. The van der Waals surface area contributed by atoms with Gasteiger partial charge in [0.05, 0.1) is 6.42 Å².